The molecule has 216 valence electrons. The third kappa shape index (κ3) is 10.3. The van der Waals surface area contributed by atoms with E-state index in [9.17, 15) is 26.3 Å². The van der Waals surface area contributed by atoms with Crippen molar-refractivity contribution in [2.45, 2.75) is 69.3 Å². The maximum atomic E-state index is 10.6. The van der Waals surface area contributed by atoms with Crippen molar-refractivity contribution in [1.82, 2.24) is 9.88 Å². The van der Waals surface area contributed by atoms with Crippen molar-refractivity contribution in [2.75, 3.05) is 32.9 Å². The van der Waals surface area contributed by atoms with E-state index in [1.165, 1.54) is 0 Å². The Kier molecular flexibility index (Phi) is 11.3. The molecule has 0 aliphatic carbocycles. The second-order valence-corrected chi connectivity index (χ2v) is 9.08. The lowest BCUT2D eigenvalue weighted by molar-refractivity contribution is -0.210. The monoisotopic (exact) mass is 560 g/mol. The molecular formula is C23H30F6N2O7. The summed E-state index contributed by atoms with van der Waals surface area (Å²) in [4.78, 5) is 24.9. The van der Waals surface area contributed by atoms with Crippen molar-refractivity contribution < 1.29 is 60.4 Å². The number of rotatable bonds is 4. The van der Waals surface area contributed by atoms with Gasteiger partial charge in [-0.3, -0.25) is 9.88 Å². The van der Waals surface area contributed by atoms with E-state index in [0.29, 0.717) is 12.6 Å². The predicted molar refractivity (Wildman–Crippen MR) is 118 cm³/mol. The number of hydrogen-bond acceptors (Lipinski definition) is 7. The van der Waals surface area contributed by atoms with Crippen LogP contribution >= 0.6 is 0 Å². The fourth-order valence-electron chi connectivity index (χ4n) is 4.23. The molecule has 9 nitrogen and oxygen atoms in total. The molecule has 0 radical (unpaired) electrons. The minimum Gasteiger partial charge on any atom is -0.475 e. The molecule has 1 unspecified atom stereocenters. The smallest absolute Gasteiger partial charge is 0.475 e. The average Bonchev–Trinajstić information content (AvgIpc) is 2.81. The molecule has 3 aliphatic rings. The van der Waals surface area contributed by atoms with Crippen LogP contribution in [-0.4, -0.2) is 95.0 Å². The number of likely N-dealkylation sites (tertiary alicyclic amines) is 1. The van der Waals surface area contributed by atoms with Crippen molar-refractivity contribution in [2.24, 2.45) is 0 Å². The lowest BCUT2D eigenvalue weighted by Crippen LogP contribution is -2.68. The number of ether oxygens (including phenoxy) is 3. The second kappa shape index (κ2) is 13.5. The summed E-state index contributed by atoms with van der Waals surface area (Å²) >= 11 is 0. The van der Waals surface area contributed by atoms with Gasteiger partial charge in [0, 0.05) is 51.1 Å². The van der Waals surface area contributed by atoms with Gasteiger partial charge >= 0.3 is 24.3 Å². The summed E-state index contributed by atoms with van der Waals surface area (Å²) in [5.41, 5.74) is 2.10. The maximum Gasteiger partial charge on any atom is 0.490 e. The number of pyridine rings is 1. The number of aromatic nitrogens is 1. The van der Waals surface area contributed by atoms with E-state index < -0.39 is 24.3 Å². The Morgan fingerprint density at radius 2 is 1.58 bits per heavy atom. The normalized spacial score (nSPS) is 21.8. The molecule has 0 bridgehead atoms. The molecule has 0 saturated carbocycles. The van der Waals surface area contributed by atoms with Crippen LogP contribution in [0.25, 0.3) is 0 Å². The molecule has 3 saturated heterocycles. The molecule has 3 aliphatic heterocycles. The molecular weight excluding hydrogens is 530 g/mol. The van der Waals surface area contributed by atoms with Gasteiger partial charge in [-0.25, -0.2) is 9.59 Å². The lowest BCUT2D eigenvalue weighted by atomic mass is 9.82. The second-order valence-electron chi connectivity index (χ2n) is 9.08. The zero-order valence-electron chi connectivity index (χ0n) is 20.6. The van der Waals surface area contributed by atoms with Gasteiger partial charge in [0.25, 0.3) is 0 Å². The van der Waals surface area contributed by atoms with Gasteiger partial charge in [0.1, 0.15) is 0 Å². The summed E-state index contributed by atoms with van der Waals surface area (Å²) in [7, 11) is 0. The van der Waals surface area contributed by atoms with E-state index in [-0.39, 0.29) is 11.7 Å². The first-order chi connectivity index (χ1) is 17.6. The van der Waals surface area contributed by atoms with Gasteiger partial charge < -0.3 is 24.4 Å². The highest BCUT2D eigenvalue weighted by atomic mass is 19.4. The Morgan fingerprint density at radius 1 is 1.03 bits per heavy atom. The van der Waals surface area contributed by atoms with Gasteiger partial charge in [-0.2, -0.15) is 26.3 Å². The standard InChI is InChI=1S/C19H28N2O3.2C2HF3O2/c1-15-3-2-4-16(20-15)12-23-18-7-10-24-19(11-18)13-21(14-19)17-5-8-22-9-6-17;2*3-2(4,5)1(6)7/h2-4,17-18H,5-14H2,1H3;2*(H,6,7). The van der Waals surface area contributed by atoms with Crippen LogP contribution in [0.1, 0.15) is 37.1 Å². The van der Waals surface area contributed by atoms with E-state index in [4.69, 9.17) is 34.0 Å². The summed E-state index contributed by atoms with van der Waals surface area (Å²) in [6.07, 6.45) is -5.55. The van der Waals surface area contributed by atoms with E-state index in [1.54, 1.807) is 0 Å². The highest BCUT2D eigenvalue weighted by Gasteiger charge is 2.49. The number of halogens is 6. The largest absolute Gasteiger partial charge is 0.490 e. The number of alkyl halides is 6. The molecule has 1 spiro atoms. The van der Waals surface area contributed by atoms with Crippen LogP contribution in [0, 0.1) is 6.92 Å². The predicted octanol–water partition coefficient (Wildman–Crippen LogP) is 3.59. The van der Waals surface area contributed by atoms with Crippen molar-refractivity contribution in [3.8, 4) is 0 Å². The summed E-state index contributed by atoms with van der Waals surface area (Å²) in [5, 5.41) is 14.2. The molecule has 38 heavy (non-hydrogen) atoms. The Morgan fingerprint density at radius 3 is 2.08 bits per heavy atom. The van der Waals surface area contributed by atoms with Crippen molar-refractivity contribution in [1.29, 1.82) is 0 Å². The van der Waals surface area contributed by atoms with Crippen LogP contribution < -0.4 is 0 Å². The molecule has 3 fully saturated rings. The highest BCUT2D eigenvalue weighted by Crippen LogP contribution is 2.38. The lowest BCUT2D eigenvalue weighted by Gasteiger charge is -2.56. The van der Waals surface area contributed by atoms with E-state index in [1.807, 2.05) is 25.1 Å². The van der Waals surface area contributed by atoms with E-state index in [2.05, 4.69) is 9.88 Å². The first kappa shape index (κ1) is 31.7. The number of nitrogens with zero attached hydrogens (tertiary/aromatic N) is 2. The summed E-state index contributed by atoms with van der Waals surface area (Å²) < 4.78 is 81.3. The van der Waals surface area contributed by atoms with Gasteiger partial charge in [-0.1, -0.05) is 6.07 Å². The number of carboxylic acids is 2. The van der Waals surface area contributed by atoms with Crippen LogP contribution in [0.3, 0.4) is 0 Å². The van der Waals surface area contributed by atoms with Gasteiger partial charge in [-0.05, 0) is 38.3 Å². The maximum absolute atomic E-state index is 10.6. The van der Waals surface area contributed by atoms with Crippen LogP contribution in [0.15, 0.2) is 18.2 Å². The van der Waals surface area contributed by atoms with E-state index in [0.717, 1.165) is 70.0 Å². The molecule has 4 heterocycles. The number of carboxylic acid groups (broad SMARTS) is 2. The first-order valence-corrected chi connectivity index (χ1v) is 11.7. The summed E-state index contributed by atoms with van der Waals surface area (Å²) in [6.45, 7) is 7.36. The van der Waals surface area contributed by atoms with Crippen molar-refractivity contribution in [3.05, 3.63) is 29.6 Å². The number of carbonyl (C=O) groups is 2. The quantitative estimate of drug-likeness (QED) is 0.533. The van der Waals surface area contributed by atoms with Crippen LogP contribution in [0.4, 0.5) is 26.3 Å². The number of aryl methyl sites for hydroxylation is 1. The molecule has 0 amide bonds. The average molecular weight is 560 g/mol. The SMILES string of the molecule is Cc1cccc(COC2CCOC3(C2)CN(C2CCOCC2)C3)n1.O=C(O)C(F)(F)F.O=C(O)C(F)(F)F. The first-order valence-electron chi connectivity index (χ1n) is 11.7. The van der Waals surface area contributed by atoms with Crippen molar-refractivity contribution in [3.63, 3.8) is 0 Å². The molecule has 4 rings (SSSR count). The minimum absolute atomic E-state index is 0.0290. The van der Waals surface area contributed by atoms with Crippen LogP contribution in [-0.2, 0) is 30.4 Å². The Hall–Kier alpha value is -2.49. The fourth-order valence-corrected chi connectivity index (χ4v) is 4.23. The summed E-state index contributed by atoms with van der Waals surface area (Å²) in [5.74, 6) is -5.51. The minimum atomic E-state index is -5.08. The van der Waals surface area contributed by atoms with Gasteiger partial charge in [-0.15, -0.1) is 0 Å². The summed E-state index contributed by atoms with van der Waals surface area (Å²) in [6, 6.07) is 6.79. The van der Waals surface area contributed by atoms with Gasteiger partial charge in [0.05, 0.1) is 24.0 Å². The number of aliphatic carboxylic acids is 2. The molecule has 1 aromatic rings. The fraction of sp³-hybridized carbons (Fsp3) is 0.696. The third-order valence-electron chi connectivity index (χ3n) is 6.04. The third-order valence-corrected chi connectivity index (χ3v) is 6.04. The zero-order chi connectivity index (χ0) is 28.6. The number of hydrogen-bond donors (Lipinski definition) is 2. The molecule has 0 aromatic carbocycles. The highest BCUT2D eigenvalue weighted by molar-refractivity contribution is 5.73. The Labute approximate surface area is 214 Å². The zero-order valence-corrected chi connectivity index (χ0v) is 20.6. The van der Waals surface area contributed by atoms with Crippen LogP contribution in [0.5, 0.6) is 0 Å². The molecule has 1 atom stereocenters. The Bertz CT molecular complexity index is 892. The van der Waals surface area contributed by atoms with Gasteiger partial charge in [0.15, 0.2) is 0 Å². The van der Waals surface area contributed by atoms with E-state index >= 15 is 0 Å². The van der Waals surface area contributed by atoms with Crippen molar-refractivity contribution >= 4 is 11.9 Å². The molecule has 2 N–H and O–H groups in total. The molecule has 1 aromatic heterocycles. The van der Waals surface area contributed by atoms with Gasteiger partial charge in [0.2, 0.25) is 0 Å². The molecule has 15 heteroatoms. The topological polar surface area (TPSA) is 118 Å². The van der Waals surface area contributed by atoms with Crippen LogP contribution in [0.2, 0.25) is 0 Å². The Balaban J connectivity index is 0.000000301.